The molecule has 1 aromatic carbocycles. The summed E-state index contributed by atoms with van der Waals surface area (Å²) in [6.45, 7) is 1.93. The van der Waals surface area contributed by atoms with Crippen LogP contribution in [-0.2, 0) is 16.0 Å². The highest BCUT2D eigenvalue weighted by Crippen LogP contribution is 2.04. The smallest absolute Gasteiger partial charge is 0.407 e. The molecule has 2 amide bonds. The maximum Gasteiger partial charge on any atom is 0.407 e. The molecule has 2 N–H and O–H groups in total. The number of hydrogen-bond donors (Lipinski definition) is 2. The SMILES string of the molecule is CCOC(=O)N[C@@H](Cc1ccccc1)C(=O)N/N=C\c1ccncc1. The summed E-state index contributed by atoms with van der Waals surface area (Å²) in [5, 5.41) is 6.47. The normalized spacial score (nSPS) is 11.7. The van der Waals surface area contributed by atoms with E-state index in [2.05, 4.69) is 20.8 Å². The zero-order valence-electron chi connectivity index (χ0n) is 13.9. The molecule has 0 radical (unpaired) electrons. The van der Waals surface area contributed by atoms with Crippen molar-refractivity contribution in [2.45, 2.75) is 19.4 Å². The molecule has 0 saturated heterocycles. The van der Waals surface area contributed by atoms with Gasteiger partial charge in [0.1, 0.15) is 6.04 Å². The van der Waals surface area contributed by atoms with E-state index in [0.29, 0.717) is 6.42 Å². The van der Waals surface area contributed by atoms with Crippen LogP contribution in [0.4, 0.5) is 4.79 Å². The highest BCUT2D eigenvalue weighted by molar-refractivity contribution is 5.87. The Balaban J connectivity index is 2.01. The Morgan fingerprint density at radius 3 is 2.60 bits per heavy atom. The van der Waals surface area contributed by atoms with Gasteiger partial charge in [-0.25, -0.2) is 10.2 Å². The van der Waals surface area contributed by atoms with E-state index < -0.39 is 18.0 Å². The molecule has 0 aliphatic rings. The minimum atomic E-state index is -0.795. The number of hydrogen-bond acceptors (Lipinski definition) is 5. The van der Waals surface area contributed by atoms with Gasteiger partial charge in [-0.1, -0.05) is 30.3 Å². The molecule has 0 unspecified atom stereocenters. The van der Waals surface area contributed by atoms with Crippen LogP contribution in [0, 0.1) is 0 Å². The number of hydrazone groups is 1. The third kappa shape index (κ3) is 6.42. The summed E-state index contributed by atoms with van der Waals surface area (Å²) >= 11 is 0. The van der Waals surface area contributed by atoms with Crippen LogP contribution in [0.2, 0.25) is 0 Å². The summed E-state index contributed by atoms with van der Waals surface area (Å²) in [5.74, 6) is -0.429. The van der Waals surface area contributed by atoms with Crippen molar-refractivity contribution in [3.05, 3.63) is 66.0 Å². The van der Waals surface area contributed by atoms with Crippen LogP contribution in [0.1, 0.15) is 18.1 Å². The van der Waals surface area contributed by atoms with Crippen molar-refractivity contribution in [3.8, 4) is 0 Å². The third-order valence-corrected chi connectivity index (χ3v) is 3.26. The van der Waals surface area contributed by atoms with Gasteiger partial charge in [0, 0.05) is 18.8 Å². The number of ether oxygens (including phenoxy) is 1. The van der Waals surface area contributed by atoms with E-state index in [0.717, 1.165) is 11.1 Å². The van der Waals surface area contributed by atoms with Crippen molar-refractivity contribution in [2.75, 3.05) is 6.61 Å². The Bertz CT molecular complexity index is 705. The van der Waals surface area contributed by atoms with Crippen LogP contribution in [0.5, 0.6) is 0 Å². The second-order valence-electron chi connectivity index (χ2n) is 5.12. The molecule has 25 heavy (non-hydrogen) atoms. The van der Waals surface area contributed by atoms with Crippen LogP contribution in [0.25, 0.3) is 0 Å². The van der Waals surface area contributed by atoms with Crippen molar-refractivity contribution in [1.29, 1.82) is 0 Å². The first-order chi connectivity index (χ1) is 12.2. The van der Waals surface area contributed by atoms with Crippen LogP contribution in [0.15, 0.2) is 60.0 Å². The van der Waals surface area contributed by atoms with E-state index in [-0.39, 0.29) is 6.61 Å². The Hall–Kier alpha value is -3.22. The van der Waals surface area contributed by atoms with Gasteiger partial charge in [0.05, 0.1) is 12.8 Å². The molecule has 0 spiro atoms. The fraction of sp³-hybridized carbons (Fsp3) is 0.222. The lowest BCUT2D eigenvalue weighted by Gasteiger charge is -2.16. The van der Waals surface area contributed by atoms with Crippen LogP contribution >= 0.6 is 0 Å². The van der Waals surface area contributed by atoms with E-state index in [4.69, 9.17) is 4.74 Å². The molecule has 1 atom stereocenters. The minimum Gasteiger partial charge on any atom is -0.450 e. The number of pyridine rings is 1. The highest BCUT2D eigenvalue weighted by Gasteiger charge is 2.21. The number of carbonyl (C=O) groups is 2. The Morgan fingerprint density at radius 1 is 1.20 bits per heavy atom. The quantitative estimate of drug-likeness (QED) is 0.595. The van der Waals surface area contributed by atoms with Crippen LogP contribution in [0.3, 0.4) is 0 Å². The van der Waals surface area contributed by atoms with Gasteiger partial charge in [-0.15, -0.1) is 0 Å². The van der Waals surface area contributed by atoms with Gasteiger partial charge < -0.3 is 10.1 Å². The molecule has 0 aliphatic heterocycles. The number of aromatic nitrogens is 1. The predicted octanol–water partition coefficient (Wildman–Crippen LogP) is 1.89. The summed E-state index contributed by atoms with van der Waals surface area (Å²) in [7, 11) is 0. The van der Waals surface area contributed by atoms with Gasteiger partial charge in [0.15, 0.2) is 0 Å². The van der Waals surface area contributed by atoms with Gasteiger partial charge in [-0.05, 0) is 30.2 Å². The van der Waals surface area contributed by atoms with E-state index >= 15 is 0 Å². The van der Waals surface area contributed by atoms with Crippen molar-refractivity contribution in [2.24, 2.45) is 5.10 Å². The maximum atomic E-state index is 12.4. The highest BCUT2D eigenvalue weighted by atomic mass is 16.5. The van der Waals surface area contributed by atoms with Crippen molar-refractivity contribution in [3.63, 3.8) is 0 Å². The molecular weight excluding hydrogens is 320 g/mol. The van der Waals surface area contributed by atoms with E-state index in [1.807, 2.05) is 30.3 Å². The van der Waals surface area contributed by atoms with Crippen molar-refractivity contribution >= 4 is 18.2 Å². The number of nitrogens with one attached hydrogen (secondary N) is 2. The van der Waals surface area contributed by atoms with Crippen molar-refractivity contribution in [1.82, 2.24) is 15.7 Å². The standard InChI is InChI=1S/C18H20N4O3/c1-2-25-18(24)21-16(12-14-6-4-3-5-7-14)17(23)22-20-13-15-8-10-19-11-9-15/h3-11,13,16H,2,12H2,1H3,(H,21,24)(H,22,23)/b20-13-/t16-/m0/s1. The average molecular weight is 340 g/mol. The molecule has 2 rings (SSSR count). The summed E-state index contributed by atoms with van der Waals surface area (Å²) in [4.78, 5) is 28.0. The Morgan fingerprint density at radius 2 is 1.92 bits per heavy atom. The topological polar surface area (TPSA) is 92.7 Å². The first kappa shape index (κ1) is 18.1. The van der Waals surface area contributed by atoms with Crippen LogP contribution < -0.4 is 10.7 Å². The molecule has 1 heterocycles. The lowest BCUT2D eigenvalue weighted by atomic mass is 10.1. The molecule has 2 aromatic rings. The largest absolute Gasteiger partial charge is 0.450 e. The molecular formula is C18H20N4O3. The van der Waals surface area contributed by atoms with Gasteiger partial charge in [0.2, 0.25) is 0 Å². The van der Waals surface area contributed by atoms with E-state index in [1.165, 1.54) is 6.21 Å². The third-order valence-electron chi connectivity index (χ3n) is 3.26. The molecule has 1 aromatic heterocycles. The number of nitrogens with zero attached hydrogens (tertiary/aromatic N) is 2. The lowest BCUT2D eigenvalue weighted by Crippen LogP contribution is -2.47. The molecule has 130 valence electrons. The molecule has 0 saturated carbocycles. The Kier molecular flexibility index (Phi) is 7.12. The number of carbonyl (C=O) groups excluding carboxylic acids is 2. The number of rotatable bonds is 7. The fourth-order valence-electron chi connectivity index (χ4n) is 2.07. The zero-order valence-corrected chi connectivity index (χ0v) is 13.9. The predicted molar refractivity (Wildman–Crippen MR) is 94.1 cm³/mol. The molecule has 7 nitrogen and oxygen atoms in total. The molecule has 7 heteroatoms. The van der Waals surface area contributed by atoms with E-state index in [9.17, 15) is 9.59 Å². The maximum absolute atomic E-state index is 12.4. The van der Waals surface area contributed by atoms with Crippen molar-refractivity contribution < 1.29 is 14.3 Å². The number of benzene rings is 1. The van der Waals surface area contributed by atoms with Gasteiger partial charge in [-0.3, -0.25) is 9.78 Å². The summed E-state index contributed by atoms with van der Waals surface area (Å²) < 4.78 is 4.86. The Labute approximate surface area is 146 Å². The number of alkyl carbamates (subject to hydrolysis) is 1. The molecule has 0 aliphatic carbocycles. The van der Waals surface area contributed by atoms with Crippen LogP contribution in [-0.4, -0.2) is 35.8 Å². The lowest BCUT2D eigenvalue weighted by molar-refractivity contribution is -0.123. The summed E-state index contributed by atoms with van der Waals surface area (Å²) in [5.41, 5.74) is 4.15. The minimum absolute atomic E-state index is 0.228. The summed E-state index contributed by atoms with van der Waals surface area (Å²) in [6, 6.07) is 12.1. The number of amides is 2. The first-order valence-electron chi connectivity index (χ1n) is 7.89. The monoisotopic (exact) mass is 340 g/mol. The average Bonchev–Trinajstić information content (AvgIpc) is 2.63. The van der Waals surface area contributed by atoms with Gasteiger partial charge in [-0.2, -0.15) is 5.10 Å². The zero-order chi connectivity index (χ0) is 17.9. The van der Waals surface area contributed by atoms with Gasteiger partial charge in [0.25, 0.3) is 5.91 Å². The summed E-state index contributed by atoms with van der Waals surface area (Å²) in [6.07, 6.45) is 4.45. The molecule has 0 bridgehead atoms. The molecule has 0 fully saturated rings. The second-order valence-corrected chi connectivity index (χ2v) is 5.12. The fourth-order valence-corrected chi connectivity index (χ4v) is 2.07. The van der Waals surface area contributed by atoms with Gasteiger partial charge >= 0.3 is 6.09 Å². The second kappa shape index (κ2) is 9.82. The van der Waals surface area contributed by atoms with E-state index in [1.54, 1.807) is 31.5 Å². The first-order valence-corrected chi connectivity index (χ1v) is 7.89.